The number of aliphatic hydroxyl groups excluding tert-OH is 1. The highest BCUT2D eigenvalue weighted by atomic mass is 32.2. The molecule has 0 aromatic heterocycles. The summed E-state index contributed by atoms with van der Waals surface area (Å²) in [5, 5.41) is 10.9. The normalized spacial score (nSPS) is 25.9. The van der Waals surface area contributed by atoms with Gasteiger partial charge in [0, 0.05) is 4.90 Å². The van der Waals surface area contributed by atoms with E-state index < -0.39 is 18.3 Å². The van der Waals surface area contributed by atoms with E-state index in [2.05, 4.69) is 12.1 Å². The molecular formula is C26H28O4S. The summed E-state index contributed by atoms with van der Waals surface area (Å²) in [6.45, 7) is 2.71. The predicted molar refractivity (Wildman–Crippen MR) is 123 cm³/mol. The number of hydrogen-bond donors (Lipinski definition) is 1. The van der Waals surface area contributed by atoms with Crippen LogP contribution >= 0.6 is 11.8 Å². The van der Waals surface area contributed by atoms with Crippen LogP contribution in [0.15, 0.2) is 95.9 Å². The van der Waals surface area contributed by atoms with E-state index >= 15 is 0 Å². The Kier molecular flexibility index (Phi) is 7.78. The van der Waals surface area contributed by atoms with Gasteiger partial charge in [0.1, 0.15) is 23.7 Å². The number of aliphatic hydroxyl groups is 1. The number of hydrogen-bond acceptors (Lipinski definition) is 5. The molecule has 1 N–H and O–H groups in total. The lowest BCUT2D eigenvalue weighted by Gasteiger charge is -2.43. The molecule has 1 heterocycles. The first kappa shape index (κ1) is 22.1. The zero-order valence-corrected chi connectivity index (χ0v) is 18.4. The predicted octanol–water partition coefficient (Wildman–Crippen LogP) is 5.06. The van der Waals surface area contributed by atoms with Gasteiger partial charge in [0.05, 0.1) is 19.3 Å². The maximum atomic E-state index is 10.9. The van der Waals surface area contributed by atoms with Gasteiger partial charge in [0.2, 0.25) is 0 Å². The topological polar surface area (TPSA) is 47.9 Å². The second-order valence-electron chi connectivity index (χ2n) is 7.65. The fourth-order valence-corrected chi connectivity index (χ4v) is 4.79. The first-order valence-corrected chi connectivity index (χ1v) is 11.4. The minimum atomic E-state index is -0.780. The second kappa shape index (κ2) is 10.9. The van der Waals surface area contributed by atoms with Crippen LogP contribution in [0.4, 0.5) is 0 Å². The van der Waals surface area contributed by atoms with Crippen LogP contribution in [-0.4, -0.2) is 35.0 Å². The van der Waals surface area contributed by atoms with Crippen LogP contribution in [0.2, 0.25) is 0 Å². The van der Waals surface area contributed by atoms with Gasteiger partial charge in [-0.1, -0.05) is 90.6 Å². The Labute approximate surface area is 188 Å². The summed E-state index contributed by atoms with van der Waals surface area (Å²) in [7, 11) is 0. The summed E-state index contributed by atoms with van der Waals surface area (Å²) in [5.41, 5.74) is 1.83. The number of rotatable bonds is 8. The Morgan fingerprint density at radius 3 is 1.77 bits per heavy atom. The van der Waals surface area contributed by atoms with Gasteiger partial charge in [-0.3, -0.25) is 0 Å². The lowest BCUT2D eigenvalue weighted by molar-refractivity contribution is -0.228. The van der Waals surface area contributed by atoms with E-state index in [4.69, 9.17) is 14.2 Å². The lowest BCUT2D eigenvalue weighted by Crippen LogP contribution is -2.57. The molecule has 1 saturated heterocycles. The summed E-state index contributed by atoms with van der Waals surface area (Å²) in [4.78, 5) is 1.09. The van der Waals surface area contributed by atoms with Gasteiger partial charge in [-0.25, -0.2) is 0 Å². The molecule has 3 aromatic carbocycles. The molecule has 5 heteroatoms. The lowest BCUT2D eigenvalue weighted by atomic mass is 10.00. The van der Waals surface area contributed by atoms with E-state index in [1.54, 1.807) is 11.8 Å². The largest absolute Gasteiger partial charge is 0.388 e. The maximum Gasteiger partial charge on any atom is 0.136 e. The third kappa shape index (κ3) is 5.97. The maximum absolute atomic E-state index is 10.9. The van der Waals surface area contributed by atoms with Gasteiger partial charge >= 0.3 is 0 Å². The third-order valence-electron chi connectivity index (χ3n) is 5.32. The first-order chi connectivity index (χ1) is 15.2. The Morgan fingerprint density at radius 1 is 0.742 bits per heavy atom. The SMILES string of the molecule is CC1O[C@@H](Sc2ccccc2)C(OCc2ccccc2)[C@H](OCc2ccccc2)[C@H]1O. The second-order valence-corrected chi connectivity index (χ2v) is 8.83. The average molecular weight is 437 g/mol. The summed E-state index contributed by atoms with van der Waals surface area (Å²) in [6.07, 6.45) is -2.08. The summed E-state index contributed by atoms with van der Waals surface area (Å²) >= 11 is 1.60. The van der Waals surface area contributed by atoms with E-state index in [0.717, 1.165) is 16.0 Å². The molecule has 1 aliphatic rings. The summed E-state index contributed by atoms with van der Waals surface area (Å²) in [5.74, 6) is 0. The monoisotopic (exact) mass is 436 g/mol. The molecule has 0 bridgehead atoms. The van der Waals surface area contributed by atoms with Crippen molar-refractivity contribution >= 4 is 11.8 Å². The molecule has 162 valence electrons. The van der Waals surface area contributed by atoms with E-state index in [1.165, 1.54) is 0 Å². The van der Waals surface area contributed by atoms with Crippen LogP contribution < -0.4 is 0 Å². The van der Waals surface area contributed by atoms with Crippen LogP contribution in [0.5, 0.6) is 0 Å². The van der Waals surface area contributed by atoms with E-state index in [-0.39, 0.29) is 11.5 Å². The highest BCUT2D eigenvalue weighted by molar-refractivity contribution is 7.99. The average Bonchev–Trinajstić information content (AvgIpc) is 2.81. The number of ether oxygens (including phenoxy) is 3. The molecule has 0 aliphatic carbocycles. The molecule has 0 saturated carbocycles. The van der Waals surface area contributed by atoms with Crippen molar-refractivity contribution in [3.63, 3.8) is 0 Å². The molecule has 3 aromatic rings. The molecule has 0 spiro atoms. The van der Waals surface area contributed by atoms with E-state index in [1.807, 2.05) is 85.8 Å². The molecule has 4 rings (SSSR count). The van der Waals surface area contributed by atoms with Crippen molar-refractivity contribution in [2.75, 3.05) is 0 Å². The van der Waals surface area contributed by atoms with Gasteiger partial charge in [0.25, 0.3) is 0 Å². The van der Waals surface area contributed by atoms with E-state index in [9.17, 15) is 5.11 Å². The van der Waals surface area contributed by atoms with Crippen molar-refractivity contribution < 1.29 is 19.3 Å². The van der Waals surface area contributed by atoms with Gasteiger partial charge in [-0.05, 0) is 30.2 Å². The third-order valence-corrected chi connectivity index (χ3v) is 6.48. The number of thioether (sulfide) groups is 1. The zero-order valence-electron chi connectivity index (χ0n) is 17.5. The minimum Gasteiger partial charge on any atom is -0.388 e. The Hall–Kier alpha value is -2.15. The molecule has 0 radical (unpaired) electrons. The molecule has 0 amide bonds. The van der Waals surface area contributed by atoms with Crippen LogP contribution in [-0.2, 0) is 27.4 Å². The van der Waals surface area contributed by atoms with Crippen molar-refractivity contribution in [2.45, 2.75) is 54.9 Å². The van der Waals surface area contributed by atoms with Crippen molar-refractivity contribution in [1.82, 2.24) is 0 Å². The Bertz CT molecular complexity index is 906. The van der Waals surface area contributed by atoms with Crippen LogP contribution in [0.25, 0.3) is 0 Å². The summed E-state index contributed by atoms with van der Waals surface area (Å²) in [6, 6.07) is 30.1. The van der Waals surface area contributed by atoms with Crippen molar-refractivity contribution in [3.8, 4) is 0 Å². The van der Waals surface area contributed by atoms with Gasteiger partial charge in [-0.15, -0.1) is 0 Å². The fraction of sp³-hybridized carbons (Fsp3) is 0.308. The molecule has 5 atom stereocenters. The smallest absolute Gasteiger partial charge is 0.136 e. The van der Waals surface area contributed by atoms with Gasteiger partial charge < -0.3 is 19.3 Å². The molecule has 2 unspecified atom stereocenters. The van der Waals surface area contributed by atoms with Crippen LogP contribution in [0, 0.1) is 0 Å². The van der Waals surface area contributed by atoms with Crippen molar-refractivity contribution in [1.29, 1.82) is 0 Å². The van der Waals surface area contributed by atoms with Crippen LogP contribution in [0.3, 0.4) is 0 Å². The Morgan fingerprint density at radius 2 is 1.23 bits per heavy atom. The van der Waals surface area contributed by atoms with Crippen molar-refractivity contribution in [3.05, 3.63) is 102 Å². The standard InChI is InChI=1S/C26H28O4S/c1-19-23(27)24(28-17-20-11-5-2-6-12-20)25(29-18-21-13-7-3-8-14-21)26(30-19)31-22-15-9-4-10-16-22/h2-16,19,23-27H,17-18H2,1H3/t19?,23-,24+,25?,26-/m0/s1. The zero-order chi connectivity index (χ0) is 21.5. The molecule has 1 fully saturated rings. The molecular weight excluding hydrogens is 408 g/mol. The quantitative estimate of drug-likeness (QED) is 0.535. The molecule has 31 heavy (non-hydrogen) atoms. The van der Waals surface area contributed by atoms with E-state index in [0.29, 0.717) is 13.2 Å². The van der Waals surface area contributed by atoms with Crippen LogP contribution in [0.1, 0.15) is 18.1 Å². The fourth-order valence-electron chi connectivity index (χ4n) is 3.61. The van der Waals surface area contributed by atoms with Gasteiger partial charge in [-0.2, -0.15) is 0 Å². The molecule has 4 nitrogen and oxygen atoms in total. The van der Waals surface area contributed by atoms with Gasteiger partial charge in [0.15, 0.2) is 0 Å². The summed E-state index contributed by atoms with van der Waals surface area (Å²) < 4.78 is 18.8. The Balaban J connectivity index is 1.54. The molecule has 1 aliphatic heterocycles. The highest BCUT2D eigenvalue weighted by Gasteiger charge is 2.45. The minimum absolute atomic E-state index is 0.301. The highest BCUT2D eigenvalue weighted by Crippen LogP contribution is 2.36. The van der Waals surface area contributed by atoms with Crippen molar-refractivity contribution in [2.24, 2.45) is 0 Å². The first-order valence-electron chi connectivity index (χ1n) is 10.6. The number of benzene rings is 3.